The normalized spacial score (nSPS) is 12.9. The van der Waals surface area contributed by atoms with Gasteiger partial charge in [0.2, 0.25) is 0 Å². The first-order valence-electron chi connectivity index (χ1n) is 18.2. The van der Waals surface area contributed by atoms with Gasteiger partial charge in [-0.15, -0.1) is 0 Å². The molecule has 3 heteroatoms. The van der Waals surface area contributed by atoms with Crippen LogP contribution in [0.25, 0.3) is 89.1 Å². The molecule has 0 bridgehead atoms. The van der Waals surface area contributed by atoms with Gasteiger partial charge >= 0.3 is 0 Å². The van der Waals surface area contributed by atoms with Crippen LogP contribution < -0.4 is 0 Å². The van der Waals surface area contributed by atoms with Crippen LogP contribution in [0.15, 0.2) is 176 Å². The third-order valence-corrected chi connectivity index (χ3v) is 10.9. The largest absolute Gasteiger partial charge is 0.208 e. The van der Waals surface area contributed by atoms with E-state index in [0.717, 1.165) is 44.2 Å². The fourth-order valence-corrected chi connectivity index (χ4v) is 8.02. The number of benzene rings is 8. The molecule has 3 nitrogen and oxygen atoms in total. The van der Waals surface area contributed by atoms with Crippen LogP contribution in [0.4, 0.5) is 0 Å². The minimum absolute atomic E-state index is 0.0977. The van der Waals surface area contributed by atoms with E-state index >= 15 is 0 Å². The summed E-state index contributed by atoms with van der Waals surface area (Å²) in [6.45, 7) is 4.67. The molecule has 53 heavy (non-hydrogen) atoms. The lowest BCUT2D eigenvalue weighted by atomic mass is 9.81. The van der Waals surface area contributed by atoms with Crippen molar-refractivity contribution in [1.82, 2.24) is 15.0 Å². The highest BCUT2D eigenvalue weighted by Gasteiger charge is 2.35. The lowest BCUT2D eigenvalue weighted by Gasteiger charge is -2.22. The van der Waals surface area contributed by atoms with Crippen molar-refractivity contribution in [2.24, 2.45) is 0 Å². The van der Waals surface area contributed by atoms with Crippen LogP contribution in [0, 0.1) is 0 Å². The highest BCUT2D eigenvalue weighted by Crippen LogP contribution is 2.49. The highest BCUT2D eigenvalue weighted by atomic mass is 15.0. The Kier molecular flexibility index (Phi) is 7.16. The molecular weight excluding hydrogens is 643 g/mol. The fraction of sp³-hybridized carbons (Fsp3) is 0.0600. The zero-order valence-corrected chi connectivity index (χ0v) is 29.6. The first kappa shape index (κ1) is 31.1. The van der Waals surface area contributed by atoms with Crippen molar-refractivity contribution in [3.8, 4) is 67.5 Å². The topological polar surface area (TPSA) is 38.7 Å². The summed E-state index contributed by atoms with van der Waals surface area (Å²) in [5.41, 5.74) is 12.6. The van der Waals surface area contributed by atoms with Crippen molar-refractivity contribution in [3.63, 3.8) is 0 Å². The van der Waals surface area contributed by atoms with Gasteiger partial charge in [0.25, 0.3) is 0 Å². The van der Waals surface area contributed by atoms with E-state index in [9.17, 15) is 0 Å². The van der Waals surface area contributed by atoms with Gasteiger partial charge in [-0.05, 0) is 102 Å². The number of hydrogen-bond acceptors (Lipinski definition) is 3. The molecule has 0 radical (unpaired) electrons. The van der Waals surface area contributed by atoms with Crippen LogP contribution >= 0.6 is 0 Å². The second-order valence-corrected chi connectivity index (χ2v) is 14.5. The smallest absolute Gasteiger partial charge is 0.164 e. The van der Waals surface area contributed by atoms with Crippen LogP contribution in [0.5, 0.6) is 0 Å². The Morgan fingerprint density at radius 1 is 0.302 bits per heavy atom. The predicted octanol–water partition coefficient (Wildman–Crippen LogP) is 12.8. The Hall–Kier alpha value is -6.71. The van der Waals surface area contributed by atoms with Gasteiger partial charge < -0.3 is 0 Å². The third kappa shape index (κ3) is 5.41. The molecule has 0 spiro atoms. The van der Waals surface area contributed by atoms with Gasteiger partial charge in [0.15, 0.2) is 17.5 Å². The summed E-state index contributed by atoms with van der Waals surface area (Å²) in [5, 5.41) is 4.66. The van der Waals surface area contributed by atoms with Gasteiger partial charge in [0.1, 0.15) is 0 Å². The van der Waals surface area contributed by atoms with Crippen LogP contribution in [-0.2, 0) is 5.41 Å². The number of aromatic nitrogens is 3. The van der Waals surface area contributed by atoms with E-state index in [1.54, 1.807) is 0 Å². The van der Waals surface area contributed by atoms with E-state index in [2.05, 4.69) is 190 Å². The molecule has 250 valence electrons. The second-order valence-electron chi connectivity index (χ2n) is 14.5. The average molecular weight is 678 g/mol. The molecule has 0 unspecified atom stereocenters. The zero-order valence-electron chi connectivity index (χ0n) is 29.6. The number of nitrogens with zero attached hydrogens (tertiary/aromatic N) is 3. The molecule has 0 N–H and O–H groups in total. The van der Waals surface area contributed by atoms with E-state index in [4.69, 9.17) is 15.0 Å². The van der Waals surface area contributed by atoms with Crippen molar-refractivity contribution < 1.29 is 0 Å². The minimum atomic E-state index is -0.0977. The SMILES string of the molecule is CC1(C)c2ccccc2-c2ccc(-c3cc(-c4ccccc4)cc(-c4nc(-c5ccc6ccccc6c5)nc(-c5ccc6ccccc6c5)n4)c3)cc21. The molecule has 8 aromatic carbocycles. The number of fused-ring (bicyclic) bond motifs is 5. The minimum Gasteiger partial charge on any atom is -0.208 e. The summed E-state index contributed by atoms with van der Waals surface area (Å²) in [6, 6.07) is 62.8. The maximum Gasteiger partial charge on any atom is 0.164 e. The summed E-state index contributed by atoms with van der Waals surface area (Å²) in [6.07, 6.45) is 0. The highest BCUT2D eigenvalue weighted by molar-refractivity contribution is 5.89. The van der Waals surface area contributed by atoms with E-state index in [0.29, 0.717) is 17.5 Å². The van der Waals surface area contributed by atoms with Crippen molar-refractivity contribution in [1.29, 1.82) is 0 Å². The molecule has 0 saturated carbocycles. The monoisotopic (exact) mass is 677 g/mol. The molecule has 0 aliphatic heterocycles. The number of rotatable bonds is 5. The van der Waals surface area contributed by atoms with Crippen LogP contribution in [0.3, 0.4) is 0 Å². The van der Waals surface area contributed by atoms with Crippen molar-refractivity contribution in [2.45, 2.75) is 19.3 Å². The Balaban J connectivity index is 1.18. The first-order chi connectivity index (χ1) is 26.0. The van der Waals surface area contributed by atoms with Gasteiger partial charge in [-0.3, -0.25) is 0 Å². The summed E-state index contributed by atoms with van der Waals surface area (Å²) in [4.78, 5) is 15.6. The molecule has 1 aromatic heterocycles. The predicted molar refractivity (Wildman–Crippen MR) is 220 cm³/mol. The maximum atomic E-state index is 5.22. The summed E-state index contributed by atoms with van der Waals surface area (Å²) >= 11 is 0. The lowest BCUT2D eigenvalue weighted by molar-refractivity contribution is 0.660. The molecule has 1 aliphatic rings. The van der Waals surface area contributed by atoms with E-state index in [1.807, 2.05) is 0 Å². The Morgan fingerprint density at radius 3 is 1.42 bits per heavy atom. The van der Waals surface area contributed by atoms with Gasteiger partial charge in [0, 0.05) is 22.1 Å². The van der Waals surface area contributed by atoms with Crippen LogP contribution in [0.1, 0.15) is 25.0 Å². The summed E-state index contributed by atoms with van der Waals surface area (Å²) < 4.78 is 0. The Bertz CT molecular complexity index is 2770. The van der Waals surface area contributed by atoms with Crippen molar-refractivity contribution in [2.75, 3.05) is 0 Å². The average Bonchev–Trinajstić information content (AvgIpc) is 3.45. The molecule has 1 heterocycles. The van der Waals surface area contributed by atoms with E-state index in [-0.39, 0.29) is 5.41 Å². The van der Waals surface area contributed by atoms with Crippen LogP contribution in [-0.4, -0.2) is 15.0 Å². The van der Waals surface area contributed by atoms with Gasteiger partial charge in [-0.2, -0.15) is 0 Å². The Labute approximate surface area is 309 Å². The summed E-state index contributed by atoms with van der Waals surface area (Å²) in [5.74, 6) is 1.93. The molecule has 0 atom stereocenters. The van der Waals surface area contributed by atoms with Gasteiger partial charge in [0.05, 0.1) is 0 Å². The molecular formula is C50H35N3. The molecule has 10 rings (SSSR count). The molecule has 0 fully saturated rings. The standard InChI is InChI=1S/C50H35N3/c1-50(2)45-19-11-10-18-43(45)44-25-24-37(31-46(44)50)41-28-40(32-12-4-3-5-13-32)29-42(30-41)49-52-47(38-22-20-33-14-6-8-16-35(33)26-38)51-48(53-49)39-23-21-34-15-7-9-17-36(34)27-39/h3-31H,1-2H3. The van der Waals surface area contributed by atoms with Crippen LogP contribution in [0.2, 0.25) is 0 Å². The van der Waals surface area contributed by atoms with E-state index < -0.39 is 0 Å². The molecule has 0 amide bonds. The second kappa shape index (κ2) is 12.2. The quantitative estimate of drug-likeness (QED) is 0.182. The Morgan fingerprint density at radius 2 is 0.774 bits per heavy atom. The first-order valence-corrected chi connectivity index (χ1v) is 18.2. The van der Waals surface area contributed by atoms with Crippen molar-refractivity contribution >= 4 is 21.5 Å². The number of hydrogen-bond donors (Lipinski definition) is 0. The molecule has 0 saturated heterocycles. The molecule has 1 aliphatic carbocycles. The lowest BCUT2D eigenvalue weighted by Crippen LogP contribution is -2.14. The zero-order chi connectivity index (χ0) is 35.5. The van der Waals surface area contributed by atoms with Gasteiger partial charge in [-0.25, -0.2) is 15.0 Å². The molecule has 9 aromatic rings. The van der Waals surface area contributed by atoms with E-state index in [1.165, 1.54) is 38.6 Å². The maximum absolute atomic E-state index is 5.22. The summed E-state index contributed by atoms with van der Waals surface area (Å²) in [7, 11) is 0. The third-order valence-electron chi connectivity index (χ3n) is 10.9. The van der Waals surface area contributed by atoms with Crippen molar-refractivity contribution in [3.05, 3.63) is 187 Å². The van der Waals surface area contributed by atoms with Gasteiger partial charge in [-0.1, -0.05) is 153 Å². The fourth-order valence-electron chi connectivity index (χ4n) is 8.02.